The Morgan fingerprint density at radius 1 is 1.09 bits per heavy atom. The summed E-state index contributed by atoms with van der Waals surface area (Å²) in [5, 5.41) is 5.67. The van der Waals surface area contributed by atoms with Crippen LogP contribution in [0.2, 0.25) is 10.0 Å². The Morgan fingerprint density at radius 3 is 2.61 bits per heavy atom. The van der Waals surface area contributed by atoms with E-state index in [1.807, 2.05) is 42.5 Å². The van der Waals surface area contributed by atoms with Crippen LogP contribution in [0.3, 0.4) is 0 Å². The molecule has 1 aromatic heterocycles. The lowest BCUT2D eigenvalue weighted by Crippen LogP contribution is -2.15. The predicted octanol–water partition coefficient (Wildman–Crippen LogP) is 5.81. The van der Waals surface area contributed by atoms with E-state index in [1.54, 1.807) is 0 Å². The summed E-state index contributed by atoms with van der Waals surface area (Å²) in [5.41, 5.74) is 1.61. The zero-order valence-electron chi connectivity index (χ0n) is 13.0. The summed E-state index contributed by atoms with van der Waals surface area (Å²) in [4.78, 5) is 9.34. The molecule has 5 heteroatoms. The molecule has 0 saturated carbocycles. The second-order valence-corrected chi connectivity index (χ2v) is 6.33. The van der Waals surface area contributed by atoms with Crippen LogP contribution in [0.4, 0.5) is 5.82 Å². The number of nitrogens with zero attached hydrogens (tertiary/aromatic N) is 2. The van der Waals surface area contributed by atoms with Gasteiger partial charge in [-0.3, -0.25) is 0 Å². The molecule has 0 amide bonds. The highest BCUT2D eigenvalue weighted by Gasteiger charge is 2.13. The van der Waals surface area contributed by atoms with Crippen LogP contribution in [0.15, 0.2) is 42.5 Å². The Hall–Kier alpha value is -1.84. The van der Waals surface area contributed by atoms with E-state index in [-0.39, 0.29) is 0 Å². The minimum Gasteiger partial charge on any atom is -0.367 e. The molecule has 23 heavy (non-hydrogen) atoms. The first-order valence-corrected chi connectivity index (χ1v) is 8.33. The van der Waals surface area contributed by atoms with Gasteiger partial charge in [0, 0.05) is 22.0 Å². The van der Waals surface area contributed by atoms with Gasteiger partial charge in [-0.25, -0.2) is 9.97 Å². The predicted molar refractivity (Wildman–Crippen MR) is 98.4 cm³/mol. The smallest absolute Gasteiger partial charge is 0.163 e. The number of halogens is 2. The summed E-state index contributed by atoms with van der Waals surface area (Å²) in [6, 6.07) is 13.5. The molecule has 1 heterocycles. The normalized spacial score (nSPS) is 12.3. The molecule has 2 aromatic carbocycles. The summed E-state index contributed by atoms with van der Waals surface area (Å²) in [6.07, 6.45) is 1.00. The van der Waals surface area contributed by atoms with Gasteiger partial charge < -0.3 is 5.32 Å². The van der Waals surface area contributed by atoms with Gasteiger partial charge >= 0.3 is 0 Å². The highest BCUT2D eigenvalue weighted by atomic mass is 35.5. The molecule has 0 aliphatic carbocycles. The van der Waals surface area contributed by atoms with Gasteiger partial charge in [0.1, 0.15) is 5.82 Å². The number of anilines is 1. The Balaban J connectivity index is 2.21. The van der Waals surface area contributed by atoms with Crippen molar-refractivity contribution in [3.05, 3.63) is 52.5 Å². The van der Waals surface area contributed by atoms with E-state index in [9.17, 15) is 0 Å². The molecule has 0 spiro atoms. The molecule has 3 rings (SSSR count). The fraction of sp³-hybridized carbons (Fsp3) is 0.222. The fourth-order valence-electron chi connectivity index (χ4n) is 2.31. The molecule has 0 aliphatic heterocycles. The number of benzene rings is 2. The van der Waals surface area contributed by atoms with Crippen LogP contribution < -0.4 is 5.32 Å². The molecule has 0 unspecified atom stereocenters. The third kappa shape index (κ3) is 3.41. The van der Waals surface area contributed by atoms with Crippen molar-refractivity contribution < 1.29 is 0 Å². The molecular weight excluding hydrogens is 329 g/mol. The van der Waals surface area contributed by atoms with Crippen LogP contribution in [0.1, 0.15) is 20.3 Å². The molecule has 0 fully saturated rings. The van der Waals surface area contributed by atoms with E-state index < -0.39 is 0 Å². The largest absolute Gasteiger partial charge is 0.367 e. The number of hydrogen-bond acceptors (Lipinski definition) is 3. The molecule has 0 saturated heterocycles. The molecule has 0 aliphatic rings. The van der Waals surface area contributed by atoms with Crippen molar-refractivity contribution in [2.45, 2.75) is 26.3 Å². The molecule has 1 N–H and O–H groups in total. The van der Waals surface area contributed by atoms with Gasteiger partial charge in [-0.1, -0.05) is 42.3 Å². The monoisotopic (exact) mass is 345 g/mol. The van der Waals surface area contributed by atoms with Gasteiger partial charge in [-0.05, 0) is 43.7 Å². The maximum Gasteiger partial charge on any atom is 0.163 e. The molecule has 0 bridgehead atoms. The second-order valence-electron chi connectivity index (χ2n) is 5.49. The van der Waals surface area contributed by atoms with Crippen molar-refractivity contribution in [1.82, 2.24) is 9.97 Å². The number of fused-ring (bicyclic) bond motifs is 1. The van der Waals surface area contributed by atoms with Gasteiger partial charge in [-0.15, -0.1) is 0 Å². The van der Waals surface area contributed by atoms with Crippen molar-refractivity contribution >= 4 is 39.9 Å². The molecule has 3 nitrogen and oxygen atoms in total. The summed E-state index contributed by atoms with van der Waals surface area (Å²) in [6.45, 7) is 4.26. The summed E-state index contributed by atoms with van der Waals surface area (Å²) < 4.78 is 0. The summed E-state index contributed by atoms with van der Waals surface area (Å²) in [5.74, 6) is 1.40. The van der Waals surface area contributed by atoms with E-state index in [4.69, 9.17) is 28.2 Å². The number of aromatic nitrogens is 2. The summed E-state index contributed by atoms with van der Waals surface area (Å²) >= 11 is 12.4. The minimum atomic E-state index is 0.308. The molecule has 1 atom stereocenters. The SMILES string of the molecule is CC[C@H](C)Nc1nc(-c2ccccc2Cl)nc2cc(Cl)ccc12. The van der Waals surface area contributed by atoms with E-state index >= 15 is 0 Å². The van der Waals surface area contributed by atoms with Crippen molar-refractivity contribution in [1.29, 1.82) is 0 Å². The Labute approximate surface area is 145 Å². The van der Waals surface area contributed by atoms with Crippen LogP contribution in [-0.4, -0.2) is 16.0 Å². The first-order valence-electron chi connectivity index (χ1n) is 7.57. The average Bonchev–Trinajstić information content (AvgIpc) is 2.54. The molecule has 0 radical (unpaired) electrons. The van der Waals surface area contributed by atoms with E-state index in [1.165, 1.54) is 0 Å². The molecule has 118 valence electrons. The zero-order valence-corrected chi connectivity index (χ0v) is 14.5. The van der Waals surface area contributed by atoms with Gasteiger partial charge in [0.25, 0.3) is 0 Å². The Morgan fingerprint density at radius 2 is 1.87 bits per heavy atom. The summed E-state index contributed by atoms with van der Waals surface area (Å²) in [7, 11) is 0. The fourth-order valence-corrected chi connectivity index (χ4v) is 2.70. The maximum absolute atomic E-state index is 6.30. The average molecular weight is 346 g/mol. The lowest BCUT2D eigenvalue weighted by molar-refractivity contribution is 0.760. The van der Waals surface area contributed by atoms with Crippen LogP contribution >= 0.6 is 23.2 Å². The lowest BCUT2D eigenvalue weighted by Gasteiger charge is -2.15. The third-order valence-electron chi connectivity index (χ3n) is 3.77. The van der Waals surface area contributed by atoms with E-state index in [2.05, 4.69) is 24.1 Å². The maximum atomic E-state index is 6.30. The quantitative estimate of drug-likeness (QED) is 0.647. The topological polar surface area (TPSA) is 37.8 Å². The van der Waals surface area contributed by atoms with Crippen molar-refractivity contribution in [2.24, 2.45) is 0 Å². The number of rotatable bonds is 4. The second kappa shape index (κ2) is 6.73. The van der Waals surface area contributed by atoms with E-state index in [0.717, 1.165) is 28.7 Å². The van der Waals surface area contributed by atoms with Crippen LogP contribution in [0.25, 0.3) is 22.3 Å². The van der Waals surface area contributed by atoms with Gasteiger partial charge in [0.05, 0.1) is 10.5 Å². The first-order chi connectivity index (χ1) is 11.1. The Kier molecular flexibility index (Phi) is 4.69. The van der Waals surface area contributed by atoms with Gasteiger partial charge in [-0.2, -0.15) is 0 Å². The van der Waals surface area contributed by atoms with E-state index in [0.29, 0.717) is 21.9 Å². The molecule has 3 aromatic rings. The lowest BCUT2D eigenvalue weighted by atomic mass is 10.1. The number of nitrogens with one attached hydrogen (secondary N) is 1. The zero-order chi connectivity index (χ0) is 16.4. The minimum absolute atomic E-state index is 0.308. The van der Waals surface area contributed by atoms with Crippen LogP contribution in [0.5, 0.6) is 0 Å². The number of hydrogen-bond donors (Lipinski definition) is 1. The van der Waals surface area contributed by atoms with Crippen LogP contribution in [-0.2, 0) is 0 Å². The third-order valence-corrected chi connectivity index (χ3v) is 4.33. The van der Waals surface area contributed by atoms with Crippen molar-refractivity contribution in [3.8, 4) is 11.4 Å². The first kappa shape index (κ1) is 16.0. The highest BCUT2D eigenvalue weighted by molar-refractivity contribution is 6.33. The van der Waals surface area contributed by atoms with Gasteiger partial charge in [0.2, 0.25) is 0 Å². The molecular formula is C18H17Cl2N3. The standard InChI is InChI=1S/C18H17Cl2N3/c1-3-11(2)21-18-14-9-8-12(19)10-16(14)22-17(23-18)13-6-4-5-7-15(13)20/h4-11H,3H2,1-2H3,(H,21,22,23)/t11-/m0/s1. The van der Waals surface area contributed by atoms with Crippen molar-refractivity contribution in [2.75, 3.05) is 5.32 Å². The highest BCUT2D eigenvalue weighted by Crippen LogP contribution is 2.30. The van der Waals surface area contributed by atoms with Crippen LogP contribution in [0, 0.1) is 0 Å². The Bertz CT molecular complexity index is 849. The van der Waals surface area contributed by atoms with Crippen molar-refractivity contribution in [3.63, 3.8) is 0 Å². The van der Waals surface area contributed by atoms with Gasteiger partial charge in [0.15, 0.2) is 5.82 Å².